The Labute approximate surface area is 312 Å². The maximum Gasteiger partial charge on any atom is 0.162 e. The zero-order valence-corrected chi connectivity index (χ0v) is 32.5. The molecular formula is C48H69NO2. The SMILES string of the molecule is CCCCCCCCCCCCCCCCCC(=O)c1ccc2c(c1)Cc1cc(N=Cc3ccc(OCCCCCCCCCC)cc3)ccc1-2. The second-order valence-corrected chi connectivity index (χ2v) is 15.2. The molecule has 4 rings (SSSR count). The number of nitrogens with zero attached hydrogens (tertiary/aromatic N) is 1. The molecule has 3 aromatic carbocycles. The van der Waals surface area contributed by atoms with Crippen molar-refractivity contribution in [3.05, 3.63) is 82.9 Å². The molecule has 1 aliphatic carbocycles. The van der Waals surface area contributed by atoms with E-state index in [-0.39, 0.29) is 0 Å². The first-order valence-corrected chi connectivity index (χ1v) is 21.2. The summed E-state index contributed by atoms with van der Waals surface area (Å²) in [4.78, 5) is 17.8. The van der Waals surface area contributed by atoms with Crippen LogP contribution in [0.25, 0.3) is 11.1 Å². The van der Waals surface area contributed by atoms with Gasteiger partial charge in [-0.2, -0.15) is 0 Å². The molecule has 3 heteroatoms. The highest BCUT2D eigenvalue weighted by Crippen LogP contribution is 2.39. The van der Waals surface area contributed by atoms with Crippen molar-refractivity contribution < 1.29 is 9.53 Å². The van der Waals surface area contributed by atoms with Crippen LogP contribution < -0.4 is 4.74 Å². The lowest BCUT2D eigenvalue weighted by Crippen LogP contribution is -2.00. The minimum absolute atomic E-state index is 0.290. The van der Waals surface area contributed by atoms with E-state index < -0.39 is 0 Å². The first-order valence-electron chi connectivity index (χ1n) is 21.2. The van der Waals surface area contributed by atoms with Crippen LogP contribution in [0.1, 0.15) is 195 Å². The summed E-state index contributed by atoms with van der Waals surface area (Å²) in [6, 6.07) is 21.1. The number of fused-ring (bicyclic) bond motifs is 3. The second-order valence-electron chi connectivity index (χ2n) is 15.2. The molecule has 0 N–H and O–H groups in total. The standard InChI is InChI=1S/C48H69NO2/c1-3-5-7-9-11-13-14-15-16-17-18-19-20-22-24-26-48(50)41-29-33-46-42(36-41)37-43-38-44(30-34-47(43)46)49-39-40-27-31-45(32-28-40)51-35-25-23-21-12-10-8-6-4-2/h27-34,36,38-39H,3-26,35,37H2,1-2H3. The van der Waals surface area contributed by atoms with E-state index >= 15 is 0 Å². The smallest absolute Gasteiger partial charge is 0.162 e. The van der Waals surface area contributed by atoms with Crippen molar-refractivity contribution >= 4 is 17.7 Å². The molecule has 278 valence electrons. The Morgan fingerprint density at radius 1 is 0.569 bits per heavy atom. The number of Topliss-reactive ketones (excluding diaryl/α,β-unsaturated/α-hetero) is 1. The number of benzene rings is 3. The number of unbranched alkanes of at least 4 members (excludes halogenated alkanes) is 21. The van der Waals surface area contributed by atoms with Crippen LogP contribution in [0.4, 0.5) is 5.69 Å². The minimum Gasteiger partial charge on any atom is -0.494 e. The summed E-state index contributed by atoms with van der Waals surface area (Å²) in [6.07, 6.45) is 34.1. The Bertz CT molecular complexity index is 1420. The average molecular weight is 692 g/mol. The van der Waals surface area contributed by atoms with Gasteiger partial charge in [0.05, 0.1) is 12.3 Å². The van der Waals surface area contributed by atoms with Crippen LogP contribution >= 0.6 is 0 Å². The van der Waals surface area contributed by atoms with E-state index in [2.05, 4.69) is 56.3 Å². The van der Waals surface area contributed by atoms with Gasteiger partial charge in [-0.3, -0.25) is 9.79 Å². The molecule has 0 heterocycles. The topological polar surface area (TPSA) is 38.7 Å². The van der Waals surface area contributed by atoms with Crippen LogP contribution in [0.5, 0.6) is 5.75 Å². The van der Waals surface area contributed by atoms with E-state index in [1.807, 2.05) is 24.4 Å². The van der Waals surface area contributed by atoms with Crippen LogP contribution in [0.2, 0.25) is 0 Å². The number of ketones is 1. The lowest BCUT2D eigenvalue weighted by molar-refractivity contribution is 0.0979. The van der Waals surface area contributed by atoms with Gasteiger partial charge in [-0.1, -0.05) is 167 Å². The van der Waals surface area contributed by atoms with Crippen molar-refractivity contribution in [2.75, 3.05) is 6.61 Å². The Morgan fingerprint density at radius 3 is 1.63 bits per heavy atom. The van der Waals surface area contributed by atoms with Crippen molar-refractivity contribution in [1.29, 1.82) is 0 Å². The summed E-state index contributed by atoms with van der Waals surface area (Å²) >= 11 is 0. The highest BCUT2D eigenvalue weighted by atomic mass is 16.5. The molecule has 3 nitrogen and oxygen atoms in total. The molecular weight excluding hydrogens is 623 g/mol. The van der Waals surface area contributed by atoms with Crippen LogP contribution in [0, 0.1) is 0 Å². The summed E-state index contributed by atoms with van der Waals surface area (Å²) < 4.78 is 5.97. The average Bonchev–Trinajstić information content (AvgIpc) is 3.52. The Balaban J connectivity index is 1.09. The zero-order valence-electron chi connectivity index (χ0n) is 32.5. The lowest BCUT2D eigenvalue weighted by Gasteiger charge is -2.06. The van der Waals surface area contributed by atoms with E-state index in [1.165, 1.54) is 157 Å². The Kier molecular flexibility index (Phi) is 19.8. The predicted octanol–water partition coefficient (Wildman–Crippen LogP) is 15.0. The quantitative estimate of drug-likeness (QED) is 0.0323. The van der Waals surface area contributed by atoms with Gasteiger partial charge in [0, 0.05) is 18.2 Å². The highest BCUT2D eigenvalue weighted by Gasteiger charge is 2.20. The second kappa shape index (κ2) is 24.9. The fourth-order valence-electron chi connectivity index (χ4n) is 7.48. The Hall–Kier alpha value is -3.20. The molecule has 0 aliphatic heterocycles. The summed E-state index contributed by atoms with van der Waals surface area (Å²) in [5.74, 6) is 1.22. The van der Waals surface area contributed by atoms with Crippen molar-refractivity contribution in [2.24, 2.45) is 4.99 Å². The number of ether oxygens (including phenoxy) is 1. The molecule has 3 aromatic rings. The van der Waals surface area contributed by atoms with E-state index in [9.17, 15) is 4.79 Å². The first kappa shape index (κ1) is 40.6. The minimum atomic E-state index is 0.290. The van der Waals surface area contributed by atoms with Crippen molar-refractivity contribution in [2.45, 2.75) is 174 Å². The van der Waals surface area contributed by atoms with Crippen LogP contribution in [0.3, 0.4) is 0 Å². The van der Waals surface area contributed by atoms with Crippen LogP contribution in [-0.2, 0) is 6.42 Å². The van der Waals surface area contributed by atoms with Gasteiger partial charge in [-0.15, -0.1) is 0 Å². The van der Waals surface area contributed by atoms with Crippen molar-refractivity contribution in [1.82, 2.24) is 0 Å². The largest absolute Gasteiger partial charge is 0.494 e. The van der Waals surface area contributed by atoms with Gasteiger partial charge < -0.3 is 4.74 Å². The van der Waals surface area contributed by atoms with Crippen molar-refractivity contribution in [3.8, 4) is 16.9 Å². The molecule has 51 heavy (non-hydrogen) atoms. The zero-order chi connectivity index (χ0) is 35.8. The third-order valence-corrected chi connectivity index (χ3v) is 10.7. The predicted molar refractivity (Wildman–Crippen MR) is 220 cm³/mol. The third kappa shape index (κ3) is 15.5. The van der Waals surface area contributed by atoms with Gasteiger partial charge >= 0.3 is 0 Å². The first-order chi connectivity index (χ1) is 25.2. The van der Waals surface area contributed by atoms with Crippen molar-refractivity contribution in [3.63, 3.8) is 0 Å². The number of rotatable bonds is 29. The molecule has 0 unspecified atom stereocenters. The lowest BCUT2D eigenvalue weighted by atomic mass is 9.98. The van der Waals surface area contributed by atoms with E-state index in [0.29, 0.717) is 12.2 Å². The van der Waals surface area contributed by atoms with Gasteiger partial charge in [0.25, 0.3) is 0 Å². The molecule has 0 saturated carbocycles. The van der Waals surface area contributed by atoms with Gasteiger partial charge in [0.2, 0.25) is 0 Å². The molecule has 0 amide bonds. The van der Waals surface area contributed by atoms with E-state index in [1.54, 1.807) is 0 Å². The molecule has 0 saturated heterocycles. The molecule has 0 atom stereocenters. The number of hydrogen-bond donors (Lipinski definition) is 0. The number of carbonyl (C=O) groups is 1. The van der Waals surface area contributed by atoms with Gasteiger partial charge in [-0.05, 0) is 89.5 Å². The molecule has 1 aliphatic rings. The van der Waals surface area contributed by atoms with Gasteiger partial charge in [0.1, 0.15) is 5.75 Å². The maximum absolute atomic E-state index is 13.0. The monoisotopic (exact) mass is 692 g/mol. The third-order valence-electron chi connectivity index (χ3n) is 10.7. The molecule has 0 aromatic heterocycles. The normalized spacial score (nSPS) is 12.0. The number of hydrogen-bond acceptors (Lipinski definition) is 3. The fraction of sp³-hybridized carbons (Fsp3) is 0.583. The highest BCUT2D eigenvalue weighted by molar-refractivity contribution is 5.97. The summed E-state index contributed by atoms with van der Waals surface area (Å²) in [6.45, 7) is 5.34. The summed E-state index contributed by atoms with van der Waals surface area (Å²) in [5, 5.41) is 0. The number of aliphatic imine (C=N–C) groups is 1. The molecule has 0 spiro atoms. The van der Waals surface area contributed by atoms with E-state index in [0.717, 1.165) is 48.4 Å². The molecule has 0 fully saturated rings. The summed E-state index contributed by atoms with van der Waals surface area (Å²) in [7, 11) is 0. The van der Waals surface area contributed by atoms with E-state index in [4.69, 9.17) is 9.73 Å². The van der Waals surface area contributed by atoms with Crippen LogP contribution in [0.15, 0.2) is 65.7 Å². The number of carbonyl (C=O) groups excluding carboxylic acids is 1. The summed E-state index contributed by atoms with van der Waals surface area (Å²) in [5.41, 5.74) is 7.97. The fourth-order valence-corrected chi connectivity index (χ4v) is 7.48. The Morgan fingerprint density at radius 2 is 1.06 bits per heavy atom. The molecule has 0 radical (unpaired) electrons. The maximum atomic E-state index is 13.0. The van der Waals surface area contributed by atoms with Crippen LogP contribution in [-0.4, -0.2) is 18.6 Å². The molecule has 0 bridgehead atoms. The van der Waals surface area contributed by atoms with Gasteiger partial charge in [0.15, 0.2) is 5.78 Å². The van der Waals surface area contributed by atoms with Gasteiger partial charge in [-0.25, -0.2) is 0 Å².